The fourth-order valence-electron chi connectivity index (χ4n) is 1.06. The number of aromatic nitrogens is 1. The van der Waals surface area contributed by atoms with Gasteiger partial charge in [-0.1, -0.05) is 0 Å². The lowest BCUT2D eigenvalue weighted by molar-refractivity contribution is -0.609. The van der Waals surface area contributed by atoms with Crippen LogP contribution in [0.15, 0.2) is 47.3 Å². The molecular formula is C10H10NO+. The summed E-state index contributed by atoms with van der Waals surface area (Å²) in [7, 11) is 0. The summed E-state index contributed by atoms with van der Waals surface area (Å²) in [5.74, 6) is 0.843. The molecule has 2 nitrogen and oxygen atoms in total. The Balaban J connectivity index is 2.43. The van der Waals surface area contributed by atoms with Crippen molar-refractivity contribution in [3.8, 4) is 5.88 Å². The van der Waals surface area contributed by atoms with Crippen LogP contribution in [-0.2, 0) is 0 Å². The van der Waals surface area contributed by atoms with Gasteiger partial charge in [-0.2, -0.15) is 0 Å². The monoisotopic (exact) mass is 160 g/mol. The van der Waals surface area contributed by atoms with Crippen LogP contribution < -0.4 is 4.57 Å². The maximum absolute atomic E-state index is 5.22. The normalized spacial score (nSPS) is 10.1. The zero-order valence-electron chi connectivity index (χ0n) is 6.90. The maximum Gasteiger partial charge on any atom is 0.378 e. The molecule has 2 aromatic rings. The summed E-state index contributed by atoms with van der Waals surface area (Å²) in [4.78, 5) is 0. The fourth-order valence-corrected chi connectivity index (χ4v) is 1.06. The van der Waals surface area contributed by atoms with Gasteiger partial charge in [0, 0.05) is 12.1 Å². The zero-order chi connectivity index (χ0) is 8.39. The van der Waals surface area contributed by atoms with Crippen molar-refractivity contribution in [3.05, 3.63) is 48.5 Å². The van der Waals surface area contributed by atoms with Crippen LogP contribution in [0.2, 0.25) is 0 Å². The third-order valence-corrected chi connectivity index (χ3v) is 1.76. The van der Waals surface area contributed by atoms with Gasteiger partial charge in [0.05, 0.1) is 12.3 Å². The number of furan rings is 1. The predicted molar refractivity (Wildman–Crippen MR) is 45.0 cm³/mol. The molecule has 0 aliphatic rings. The lowest BCUT2D eigenvalue weighted by Gasteiger charge is -1.89. The van der Waals surface area contributed by atoms with Gasteiger partial charge < -0.3 is 4.42 Å². The first-order valence-electron chi connectivity index (χ1n) is 3.88. The number of rotatable bonds is 1. The van der Waals surface area contributed by atoms with Crippen LogP contribution in [0.1, 0.15) is 5.56 Å². The lowest BCUT2D eigenvalue weighted by Crippen LogP contribution is -2.28. The second-order valence-corrected chi connectivity index (χ2v) is 2.73. The molecular weight excluding hydrogens is 150 g/mol. The van der Waals surface area contributed by atoms with Crippen LogP contribution in [0.3, 0.4) is 0 Å². The van der Waals surface area contributed by atoms with E-state index in [0.717, 1.165) is 5.88 Å². The molecule has 2 rings (SSSR count). The molecule has 2 heterocycles. The van der Waals surface area contributed by atoms with Gasteiger partial charge in [0.15, 0.2) is 12.4 Å². The number of nitrogens with zero attached hydrogens (tertiary/aromatic N) is 1. The smallest absolute Gasteiger partial charge is 0.378 e. The Morgan fingerprint density at radius 3 is 2.50 bits per heavy atom. The summed E-state index contributed by atoms with van der Waals surface area (Å²) < 4.78 is 7.16. The van der Waals surface area contributed by atoms with E-state index >= 15 is 0 Å². The van der Waals surface area contributed by atoms with Crippen molar-refractivity contribution in [2.75, 3.05) is 0 Å². The molecule has 0 fully saturated rings. The van der Waals surface area contributed by atoms with E-state index in [1.54, 1.807) is 6.26 Å². The van der Waals surface area contributed by atoms with Crippen LogP contribution in [0.4, 0.5) is 0 Å². The van der Waals surface area contributed by atoms with Crippen molar-refractivity contribution < 1.29 is 8.98 Å². The molecule has 0 unspecified atom stereocenters. The van der Waals surface area contributed by atoms with E-state index in [0.29, 0.717) is 0 Å². The van der Waals surface area contributed by atoms with E-state index in [-0.39, 0.29) is 0 Å². The van der Waals surface area contributed by atoms with E-state index in [1.165, 1.54) is 5.56 Å². The first kappa shape index (κ1) is 7.10. The minimum absolute atomic E-state index is 0.843. The van der Waals surface area contributed by atoms with Crippen LogP contribution in [0, 0.1) is 6.92 Å². The quantitative estimate of drug-likeness (QED) is 0.582. The molecule has 0 spiro atoms. The van der Waals surface area contributed by atoms with Gasteiger partial charge in [0.1, 0.15) is 0 Å². The molecule has 12 heavy (non-hydrogen) atoms. The average Bonchev–Trinajstić information content (AvgIpc) is 2.58. The second kappa shape index (κ2) is 2.81. The minimum Gasteiger partial charge on any atom is -0.413 e. The molecule has 0 bridgehead atoms. The highest BCUT2D eigenvalue weighted by Gasteiger charge is 2.05. The van der Waals surface area contributed by atoms with Gasteiger partial charge in [0.2, 0.25) is 0 Å². The average molecular weight is 160 g/mol. The molecule has 0 saturated heterocycles. The Labute approximate surface area is 71.1 Å². The second-order valence-electron chi connectivity index (χ2n) is 2.73. The molecule has 0 aromatic carbocycles. The van der Waals surface area contributed by atoms with Crippen molar-refractivity contribution in [2.24, 2.45) is 0 Å². The van der Waals surface area contributed by atoms with Crippen LogP contribution in [0.25, 0.3) is 5.88 Å². The van der Waals surface area contributed by atoms with Gasteiger partial charge in [-0.05, 0) is 18.6 Å². The molecule has 0 saturated carbocycles. The third kappa shape index (κ3) is 1.23. The molecule has 2 aromatic heterocycles. The van der Waals surface area contributed by atoms with Gasteiger partial charge in [-0.25, -0.2) is 0 Å². The number of pyridine rings is 1. The molecule has 0 atom stereocenters. The van der Waals surface area contributed by atoms with E-state index in [9.17, 15) is 0 Å². The highest BCUT2D eigenvalue weighted by atomic mass is 16.3. The number of aryl methyl sites for hydroxylation is 1. The largest absolute Gasteiger partial charge is 0.413 e. The van der Waals surface area contributed by atoms with Gasteiger partial charge >= 0.3 is 5.88 Å². The van der Waals surface area contributed by atoms with Gasteiger partial charge in [-0.15, -0.1) is 4.57 Å². The summed E-state index contributed by atoms with van der Waals surface area (Å²) in [6, 6.07) is 7.89. The van der Waals surface area contributed by atoms with Crippen molar-refractivity contribution >= 4 is 0 Å². The standard InChI is InChI=1S/C10H10NO/c1-9-4-6-11(7-5-9)10-3-2-8-12-10/h2-8H,1H3/q+1. The third-order valence-electron chi connectivity index (χ3n) is 1.76. The van der Waals surface area contributed by atoms with Gasteiger partial charge in [-0.3, -0.25) is 0 Å². The van der Waals surface area contributed by atoms with Crippen LogP contribution >= 0.6 is 0 Å². The van der Waals surface area contributed by atoms with Crippen molar-refractivity contribution in [1.29, 1.82) is 0 Å². The van der Waals surface area contributed by atoms with Crippen molar-refractivity contribution in [3.63, 3.8) is 0 Å². The molecule has 60 valence electrons. The Bertz CT molecular complexity index is 348. The van der Waals surface area contributed by atoms with Crippen molar-refractivity contribution in [1.82, 2.24) is 0 Å². The minimum atomic E-state index is 0.843. The van der Waals surface area contributed by atoms with Crippen LogP contribution in [0.5, 0.6) is 0 Å². The highest BCUT2D eigenvalue weighted by Crippen LogP contribution is 1.99. The Morgan fingerprint density at radius 2 is 1.92 bits per heavy atom. The number of hydrogen-bond acceptors (Lipinski definition) is 1. The molecule has 2 heteroatoms. The topological polar surface area (TPSA) is 17.0 Å². The first-order valence-corrected chi connectivity index (χ1v) is 3.88. The summed E-state index contributed by atoms with van der Waals surface area (Å²) in [6.45, 7) is 2.06. The van der Waals surface area contributed by atoms with E-state index in [2.05, 4.69) is 6.92 Å². The lowest BCUT2D eigenvalue weighted by atomic mass is 10.3. The first-order chi connectivity index (χ1) is 5.86. The van der Waals surface area contributed by atoms with E-state index < -0.39 is 0 Å². The summed E-state index contributed by atoms with van der Waals surface area (Å²) in [5, 5.41) is 0. The molecule has 0 aliphatic carbocycles. The Kier molecular flexibility index (Phi) is 1.67. The molecule has 0 aliphatic heterocycles. The highest BCUT2D eigenvalue weighted by molar-refractivity contribution is 5.08. The Hall–Kier alpha value is -1.57. The number of hydrogen-bond donors (Lipinski definition) is 0. The Morgan fingerprint density at radius 1 is 1.17 bits per heavy atom. The van der Waals surface area contributed by atoms with Crippen molar-refractivity contribution in [2.45, 2.75) is 6.92 Å². The summed E-state index contributed by atoms with van der Waals surface area (Å²) in [5.41, 5.74) is 1.25. The molecule has 0 amide bonds. The van der Waals surface area contributed by atoms with Crippen LogP contribution in [-0.4, -0.2) is 0 Å². The van der Waals surface area contributed by atoms with E-state index in [1.807, 2.05) is 41.2 Å². The van der Waals surface area contributed by atoms with E-state index in [4.69, 9.17) is 4.42 Å². The SMILES string of the molecule is Cc1cc[n+](-c2ccco2)cc1. The summed E-state index contributed by atoms with van der Waals surface area (Å²) >= 11 is 0. The summed E-state index contributed by atoms with van der Waals surface area (Å²) in [6.07, 6.45) is 5.63. The fraction of sp³-hybridized carbons (Fsp3) is 0.100. The van der Waals surface area contributed by atoms with Gasteiger partial charge in [0.25, 0.3) is 0 Å². The molecule has 0 N–H and O–H groups in total. The predicted octanol–water partition coefficient (Wildman–Crippen LogP) is 1.86. The maximum atomic E-state index is 5.22. The molecule has 0 radical (unpaired) electrons. The zero-order valence-corrected chi connectivity index (χ0v) is 6.90.